The van der Waals surface area contributed by atoms with Gasteiger partial charge in [-0.15, -0.1) is 0 Å². The third-order valence-corrected chi connectivity index (χ3v) is 4.34. The number of anilines is 1. The van der Waals surface area contributed by atoms with Crippen LogP contribution in [-0.2, 0) is 6.54 Å². The van der Waals surface area contributed by atoms with E-state index in [4.69, 9.17) is 0 Å². The number of nitrogens with zero attached hydrogens (tertiary/aromatic N) is 3. The number of para-hydroxylation sites is 1. The first-order valence-electron chi connectivity index (χ1n) is 8.43. The first-order chi connectivity index (χ1) is 12.7. The summed E-state index contributed by atoms with van der Waals surface area (Å²) < 4.78 is 1.72. The van der Waals surface area contributed by atoms with E-state index in [1.54, 1.807) is 23.2 Å². The number of hydrogen-bond acceptors (Lipinski definition) is 4. The fraction of sp³-hybridized carbons (Fsp3) is 0.0952. The molecule has 0 bridgehead atoms. The second kappa shape index (κ2) is 6.80. The standard InChI is InChI=1S/C21H18N4O/c1-15-13-17-9-12-23-20(24-14-16-7-10-22-11-8-16)19(17)21(26)25(15)18-5-3-2-4-6-18/h2-13H,14H2,1H3,(H,23,24). The minimum absolute atomic E-state index is 0.0727. The highest BCUT2D eigenvalue weighted by molar-refractivity contribution is 5.91. The Morgan fingerprint density at radius 2 is 1.77 bits per heavy atom. The van der Waals surface area contributed by atoms with Crippen LogP contribution in [0.2, 0.25) is 0 Å². The number of aryl methyl sites for hydroxylation is 1. The highest BCUT2D eigenvalue weighted by Gasteiger charge is 2.12. The number of fused-ring (bicyclic) bond motifs is 1. The van der Waals surface area contributed by atoms with Gasteiger partial charge in [-0.2, -0.15) is 0 Å². The molecule has 0 unspecified atom stereocenters. The molecule has 4 rings (SSSR count). The summed E-state index contributed by atoms with van der Waals surface area (Å²) in [6.45, 7) is 2.52. The molecule has 1 N–H and O–H groups in total. The Morgan fingerprint density at radius 1 is 1.00 bits per heavy atom. The van der Waals surface area contributed by atoms with E-state index < -0.39 is 0 Å². The summed E-state index contributed by atoms with van der Waals surface area (Å²) in [6, 6.07) is 17.4. The molecular weight excluding hydrogens is 324 g/mol. The first kappa shape index (κ1) is 16.0. The van der Waals surface area contributed by atoms with Gasteiger partial charge in [-0.05, 0) is 54.3 Å². The van der Waals surface area contributed by atoms with Crippen molar-refractivity contribution in [3.05, 3.63) is 94.8 Å². The molecule has 3 heterocycles. The van der Waals surface area contributed by atoms with Crippen LogP contribution in [0.3, 0.4) is 0 Å². The van der Waals surface area contributed by atoms with Crippen molar-refractivity contribution in [3.63, 3.8) is 0 Å². The largest absolute Gasteiger partial charge is 0.365 e. The van der Waals surface area contributed by atoms with Crippen molar-refractivity contribution in [1.82, 2.24) is 14.5 Å². The number of benzene rings is 1. The number of hydrogen-bond donors (Lipinski definition) is 1. The van der Waals surface area contributed by atoms with Crippen LogP contribution >= 0.6 is 0 Å². The Kier molecular flexibility index (Phi) is 4.19. The van der Waals surface area contributed by atoms with Gasteiger partial charge in [-0.1, -0.05) is 18.2 Å². The lowest BCUT2D eigenvalue weighted by Crippen LogP contribution is -2.22. The quantitative estimate of drug-likeness (QED) is 0.614. The van der Waals surface area contributed by atoms with Crippen LogP contribution in [0.4, 0.5) is 5.82 Å². The number of pyridine rings is 3. The normalized spacial score (nSPS) is 10.8. The zero-order chi connectivity index (χ0) is 17.9. The third-order valence-electron chi connectivity index (χ3n) is 4.34. The Bertz CT molecular complexity index is 1110. The summed E-state index contributed by atoms with van der Waals surface area (Å²) in [4.78, 5) is 21.7. The van der Waals surface area contributed by atoms with Crippen LogP contribution in [0, 0.1) is 6.92 Å². The third kappa shape index (κ3) is 2.95. The molecule has 5 heteroatoms. The van der Waals surface area contributed by atoms with Crippen LogP contribution in [0.15, 0.2) is 78.0 Å². The summed E-state index contributed by atoms with van der Waals surface area (Å²) >= 11 is 0. The van der Waals surface area contributed by atoms with Crippen molar-refractivity contribution in [2.45, 2.75) is 13.5 Å². The number of nitrogens with one attached hydrogen (secondary N) is 1. The average molecular weight is 342 g/mol. The van der Waals surface area contributed by atoms with Crippen LogP contribution in [0.1, 0.15) is 11.3 Å². The second-order valence-electron chi connectivity index (χ2n) is 6.09. The second-order valence-corrected chi connectivity index (χ2v) is 6.09. The minimum Gasteiger partial charge on any atom is -0.365 e. The zero-order valence-corrected chi connectivity index (χ0v) is 14.4. The summed E-state index contributed by atoms with van der Waals surface area (Å²) in [6.07, 6.45) is 5.22. The van der Waals surface area contributed by atoms with Gasteiger partial charge in [0.15, 0.2) is 0 Å². The molecule has 0 spiro atoms. The maximum absolute atomic E-state index is 13.3. The van der Waals surface area contributed by atoms with E-state index in [0.717, 1.165) is 22.3 Å². The summed E-state index contributed by atoms with van der Waals surface area (Å²) in [5.41, 5.74) is 2.74. The number of aromatic nitrogens is 3. The van der Waals surface area contributed by atoms with Gasteiger partial charge in [-0.3, -0.25) is 14.3 Å². The van der Waals surface area contributed by atoms with E-state index >= 15 is 0 Å². The highest BCUT2D eigenvalue weighted by atomic mass is 16.1. The molecule has 0 amide bonds. The SMILES string of the molecule is Cc1cc2ccnc(NCc3ccncc3)c2c(=O)n1-c1ccccc1. The molecule has 0 aliphatic rings. The van der Waals surface area contributed by atoms with E-state index in [-0.39, 0.29) is 5.56 Å². The van der Waals surface area contributed by atoms with E-state index in [9.17, 15) is 4.79 Å². The molecular formula is C21H18N4O. The molecule has 5 nitrogen and oxygen atoms in total. The van der Waals surface area contributed by atoms with Crippen molar-refractivity contribution in [2.75, 3.05) is 5.32 Å². The van der Waals surface area contributed by atoms with Gasteiger partial charge >= 0.3 is 0 Å². The van der Waals surface area contributed by atoms with Gasteiger partial charge in [-0.25, -0.2) is 4.98 Å². The summed E-state index contributed by atoms with van der Waals surface area (Å²) in [5.74, 6) is 0.592. The van der Waals surface area contributed by atoms with E-state index in [2.05, 4.69) is 15.3 Å². The summed E-state index contributed by atoms with van der Waals surface area (Å²) in [5, 5.41) is 4.77. The van der Waals surface area contributed by atoms with Crippen molar-refractivity contribution < 1.29 is 0 Å². The molecule has 3 aromatic heterocycles. The van der Waals surface area contributed by atoms with E-state index in [1.165, 1.54) is 0 Å². The molecule has 4 aromatic rings. The molecule has 128 valence electrons. The zero-order valence-electron chi connectivity index (χ0n) is 14.4. The molecule has 0 atom stereocenters. The predicted molar refractivity (Wildman–Crippen MR) is 104 cm³/mol. The van der Waals surface area contributed by atoms with Gasteiger partial charge in [0.05, 0.1) is 5.39 Å². The lowest BCUT2D eigenvalue weighted by atomic mass is 10.1. The maximum atomic E-state index is 13.3. The molecule has 0 aliphatic heterocycles. The number of rotatable bonds is 4. The molecule has 0 saturated carbocycles. The topological polar surface area (TPSA) is 59.8 Å². The molecule has 0 saturated heterocycles. The van der Waals surface area contributed by atoms with Crippen molar-refractivity contribution in [3.8, 4) is 5.69 Å². The van der Waals surface area contributed by atoms with Crippen LogP contribution in [-0.4, -0.2) is 14.5 Å². The Hall–Kier alpha value is -3.47. The molecule has 26 heavy (non-hydrogen) atoms. The van der Waals surface area contributed by atoms with Crippen molar-refractivity contribution >= 4 is 16.6 Å². The summed E-state index contributed by atoms with van der Waals surface area (Å²) in [7, 11) is 0. The Morgan fingerprint density at radius 3 is 2.54 bits per heavy atom. The lowest BCUT2D eigenvalue weighted by Gasteiger charge is -2.14. The van der Waals surface area contributed by atoms with Gasteiger partial charge in [0.2, 0.25) is 0 Å². The van der Waals surface area contributed by atoms with Gasteiger partial charge in [0, 0.05) is 36.5 Å². The van der Waals surface area contributed by atoms with Crippen molar-refractivity contribution in [2.24, 2.45) is 0 Å². The fourth-order valence-corrected chi connectivity index (χ4v) is 3.10. The Balaban J connectivity index is 1.83. The van der Waals surface area contributed by atoms with Crippen LogP contribution in [0.5, 0.6) is 0 Å². The molecule has 0 fully saturated rings. The molecule has 0 aliphatic carbocycles. The first-order valence-corrected chi connectivity index (χ1v) is 8.43. The van der Waals surface area contributed by atoms with Crippen LogP contribution in [0.25, 0.3) is 16.5 Å². The van der Waals surface area contributed by atoms with Gasteiger partial charge in [0.1, 0.15) is 5.82 Å². The van der Waals surface area contributed by atoms with Gasteiger partial charge in [0.25, 0.3) is 5.56 Å². The molecule has 1 aromatic carbocycles. The fourth-order valence-electron chi connectivity index (χ4n) is 3.10. The van der Waals surface area contributed by atoms with Gasteiger partial charge < -0.3 is 5.32 Å². The predicted octanol–water partition coefficient (Wildman–Crippen LogP) is 3.70. The average Bonchev–Trinajstić information content (AvgIpc) is 2.68. The Labute approximate surface area is 151 Å². The van der Waals surface area contributed by atoms with Crippen LogP contribution < -0.4 is 10.9 Å². The van der Waals surface area contributed by atoms with E-state index in [1.807, 2.05) is 61.5 Å². The maximum Gasteiger partial charge on any atom is 0.266 e. The van der Waals surface area contributed by atoms with Crippen molar-refractivity contribution in [1.29, 1.82) is 0 Å². The minimum atomic E-state index is -0.0727. The highest BCUT2D eigenvalue weighted by Crippen LogP contribution is 2.21. The monoisotopic (exact) mass is 342 g/mol. The van der Waals surface area contributed by atoms with E-state index in [0.29, 0.717) is 17.7 Å². The smallest absolute Gasteiger partial charge is 0.266 e. The molecule has 0 radical (unpaired) electrons. The lowest BCUT2D eigenvalue weighted by molar-refractivity contribution is 0.948.